The van der Waals surface area contributed by atoms with Gasteiger partial charge in [0.1, 0.15) is 5.69 Å². The van der Waals surface area contributed by atoms with E-state index in [4.69, 9.17) is 21.6 Å². The number of aryl methyl sites for hydroxylation is 2. The minimum absolute atomic E-state index is 0.0136. The Morgan fingerprint density at radius 3 is 2.42 bits per heavy atom. The molecule has 0 aliphatic heterocycles. The summed E-state index contributed by atoms with van der Waals surface area (Å²) >= 11 is 5.96. The molecule has 0 saturated heterocycles. The summed E-state index contributed by atoms with van der Waals surface area (Å²) in [6.45, 7) is 0.0136. The molecule has 5 nitrogen and oxygen atoms in total. The van der Waals surface area contributed by atoms with Gasteiger partial charge in [-0.25, -0.2) is 9.97 Å². The zero-order valence-electron chi connectivity index (χ0n) is 17.9. The fourth-order valence-electron chi connectivity index (χ4n) is 4.14. The third-order valence-corrected chi connectivity index (χ3v) is 6.04. The highest BCUT2D eigenvalue weighted by Gasteiger charge is 2.23. The van der Waals surface area contributed by atoms with Crippen LogP contribution in [0.15, 0.2) is 72.8 Å². The normalized spacial score (nSPS) is 12.1. The van der Waals surface area contributed by atoms with Gasteiger partial charge in [0.15, 0.2) is 5.82 Å². The standard InChI is InChI=1S/C27H22ClN3O2/c28-21-10-6-17(7-11-21)15-24(33)30-27-25(19-4-2-1-3-5-19)31-26-22-12-8-18(16-32)14-20(22)9-13-23(26)29-27/h1-8,10-12,14,32H,9,13,15-16H2,(H,29,30,33). The number of benzene rings is 3. The van der Waals surface area contributed by atoms with E-state index in [0.29, 0.717) is 16.5 Å². The van der Waals surface area contributed by atoms with Crippen LogP contribution in [0.1, 0.15) is 22.4 Å². The molecule has 4 aromatic rings. The molecule has 0 unspecified atom stereocenters. The third kappa shape index (κ3) is 4.51. The molecule has 1 amide bonds. The van der Waals surface area contributed by atoms with Gasteiger partial charge in [-0.1, -0.05) is 72.3 Å². The van der Waals surface area contributed by atoms with Crippen molar-refractivity contribution < 1.29 is 9.90 Å². The molecular formula is C27H22ClN3O2. The summed E-state index contributed by atoms with van der Waals surface area (Å²) in [5.41, 5.74) is 7.15. The SMILES string of the molecule is O=C(Cc1ccc(Cl)cc1)Nc1nc2c(nc1-c1ccccc1)-c1ccc(CO)cc1CC2. The lowest BCUT2D eigenvalue weighted by Crippen LogP contribution is -2.19. The van der Waals surface area contributed by atoms with E-state index in [1.54, 1.807) is 12.1 Å². The van der Waals surface area contributed by atoms with Gasteiger partial charge in [0.05, 0.1) is 24.4 Å². The number of fused-ring (bicyclic) bond motifs is 3. The van der Waals surface area contributed by atoms with Crippen LogP contribution in [0.5, 0.6) is 0 Å². The monoisotopic (exact) mass is 455 g/mol. The number of aliphatic hydroxyl groups is 1. The molecule has 0 atom stereocenters. The Labute approximate surface area is 197 Å². The number of nitrogens with zero attached hydrogens (tertiary/aromatic N) is 2. The molecule has 5 rings (SSSR count). The van der Waals surface area contributed by atoms with Crippen molar-refractivity contribution in [3.8, 4) is 22.5 Å². The van der Waals surface area contributed by atoms with Crippen LogP contribution in [0.4, 0.5) is 5.82 Å². The van der Waals surface area contributed by atoms with Crippen molar-refractivity contribution in [3.63, 3.8) is 0 Å². The van der Waals surface area contributed by atoms with Gasteiger partial charge in [0.25, 0.3) is 0 Å². The topological polar surface area (TPSA) is 75.1 Å². The first-order valence-electron chi connectivity index (χ1n) is 10.8. The number of carbonyl (C=O) groups is 1. The molecule has 164 valence electrons. The molecule has 6 heteroatoms. The van der Waals surface area contributed by atoms with Crippen molar-refractivity contribution in [3.05, 3.63) is 100 Å². The summed E-state index contributed by atoms with van der Waals surface area (Å²) in [5, 5.41) is 13.1. The molecule has 33 heavy (non-hydrogen) atoms. The molecule has 0 fully saturated rings. The third-order valence-electron chi connectivity index (χ3n) is 5.79. The Balaban J connectivity index is 1.53. The van der Waals surface area contributed by atoms with Crippen LogP contribution in [0.25, 0.3) is 22.5 Å². The van der Waals surface area contributed by atoms with Crippen LogP contribution in [-0.2, 0) is 30.7 Å². The van der Waals surface area contributed by atoms with Gasteiger partial charge in [-0.3, -0.25) is 4.79 Å². The molecule has 0 spiro atoms. The quantitative estimate of drug-likeness (QED) is 0.431. The van der Waals surface area contributed by atoms with Gasteiger partial charge in [0, 0.05) is 16.1 Å². The number of nitrogens with one attached hydrogen (secondary N) is 1. The first-order valence-corrected chi connectivity index (χ1v) is 11.2. The number of anilines is 1. The average Bonchev–Trinajstić information content (AvgIpc) is 2.85. The average molecular weight is 456 g/mol. The summed E-state index contributed by atoms with van der Waals surface area (Å²) in [5.74, 6) is 0.307. The lowest BCUT2D eigenvalue weighted by atomic mass is 9.90. The maximum absolute atomic E-state index is 12.9. The maximum Gasteiger partial charge on any atom is 0.230 e. The van der Waals surface area contributed by atoms with Crippen molar-refractivity contribution in [2.75, 3.05) is 5.32 Å². The molecule has 2 N–H and O–H groups in total. The van der Waals surface area contributed by atoms with Gasteiger partial charge in [-0.2, -0.15) is 0 Å². The van der Waals surface area contributed by atoms with Crippen molar-refractivity contribution in [2.45, 2.75) is 25.9 Å². The van der Waals surface area contributed by atoms with Crippen LogP contribution in [-0.4, -0.2) is 21.0 Å². The second-order valence-corrected chi connectivity index (χ2v) is 8.52. The zero-order chi connectivity index (χ0) is 22.8. The van der Waals surface area contributed by atoms with E-state index in [-0.39, 0.29) is 18.9 Å². The first kappa shape index (κ1) is 21.3. The second kappa shape index (κ2) is 9.14. The summed E-state index contributed by atoms with van der Waals surface area (Å²) < 4.78 is 0. The van der Waals surface area contributed by atoms with Gasteiger partial charge < -0.3 is 10.4 Å². The highest BCUT2D eigenvalue weighted by molar-refractivity contribution is 6.30. The lowest BCUT2D eigenvalue weighted by Gasteiger charge is -2.21. The predicted molar refractivity (Wildman–Crippen MR) is 130 cm³/mol. The number of rotatable bonds is 5. The minimum Gasteiger partial charge on any atom is -0.392 e. The fraction of sp³-hybridized carbons (Fsp3) is 0.148. The number of carbonyl (C=O) groups excluding carboxylic acids is 1. The number of aliphatic hydroxyl groups excluding tert-OH is 1. The lowest BCUT2D eigenvalue weighted by molar-refractivity contribution is -0.115. The number of aromatic nitrogens is 2. The van der Waals surface area contributed by atoms with E-state index in [2.05, 4.69) is 5.32 Å². The van der Waals surface area contributed by atoms with E-state index in [9.17, 15) is 9.90 Å². The predicted octanol–water partition coefficient (Wildman–Crippen LogP) is 5.24. The summed E-state index contributed by atoms with van der Waals surface area (Å²) in [4.78, 5) is 22.7. The smallest absolute Gasteiger partial charge is 0.230 e. The van der Waals surface area contributed by atoms with Crippen LogP contribution >= 0.6 is 11.6 Å². The first-order chi connectivity index (χ1) is 16.1. The van der Waals surface area contributed by atoms with Gasteiger partial charge in [-0.15, -0.1) is 0 Å². The Morgan fingerprint density at radius 1 is 0.909 bits per heavy atom. The molecule has 1 aliphatic rings. The Morgan fingerprint density at radius 2 is 1.67 bits per heavy atom. The van der Waals surface area contributed by atoms with E-state index >= 15 is 0 Å². The highest BCUT2D eigenvalue weighted by atomic mass is 35.5. The van der Waals surface area contributed by atoms with Crippen molar-refractivity contribution in [2.24, 2.45) is 0 Å². The number of amides is 1. The largest absolute Gasteiger partial charge is 0.392 e. The summed E-state index contributed by atoms with van der Waals surface area (Å²) in [6.07, 6.45) is 1.75. The minimum atomic E-state index is -0.160. The number of halogens is 1. The molecule has 1 heterocycles. The van der Waals surface area contributed by atoms with Crippen LogP contribution in [0.2, 0.25) is 5.02 Å². The molecule has 1 aliphatic carbocycles. The molecule has 1 aromatic heterocycles. The van der Waals surface area contributed by atoms with Crippen LogP contribution in [0, 0.1) is 0 Å². The maximum atomic E-state index is 12.9. The van der Waals surface area contributed by atoms with E-state index in [1.807, 2.05) is 60.7 Å². The molecule has 0 saturated carbocycles. The second-order valence-electron chi connectivity index (χ2n) is 8.08. The summed E-state index contributed by atoms with van der Waals surface area (Å²) in [6, 6.07) is 22.9. The molecule has 0 radical (unpaired) electrons. The molecule has 0 bridgehead atoms. The van der Waals surface area contributed by atoms with E-state index in [0.717, 1.165) is 52.0 Å². The van der Waals surface area contributed by atoms with Gasteiger partial charge >= 0.3 is 0 Å². The molecule has 3 aromatic carbocycles. The Bertz CT molecular complexity index is 1320. The number of hydrogen-bond acceptors (Lipinski definition) is 4. The fourth-order valence-corrected chi connectivity index (χ4v) is 4.27. The number of hydrogen-bond donors (Lipinski definition) is 2. The summed E-state index contributed by atoms with van der Waals surface area (Å²) in [7, 11) is 0. The Hall–Kier alpha value is -3.54. The van der Waals surface area contributed by atoms with Gasteiger partial charge in [0.2, 0.25) is 5.91 Å². The highest BCUT2D eigenvalue weighted by Crippen LogP contribution is 2.36. The van der Waals surface area contributed by atoms with Crippen molar-refractivity contribution in [1.82, 2.24) is 9.97 Å². The zero-order valence-corrected chi connectivity index (χ0v) is 18.6. The van der Waals surface area contributed by atoms with Crippen molar-refractivity contribution >= 4 is 23.3 Å². The van der Waals surface area contributed by atoms with Crippen molar-refractivity contribution in [1.29, 1.82) is 0 Å². The van der Waals surface area contributed by atoms with Crippen LogP contribution in [0.3, 0.4) is 0 Å². The van der Waals surface area contributed by atoms with E-state index < -0.39 is 0 Å². The van der Waals surface area contributed by atoms with Gasteiger partial charge in [-0.05, 0) is 41.7 Å². The molecular weight excluding hydrogens is 434 g/mol. The van der Waals surface area contributed by atoms with Crippen LogP contribution < -0.4 is 5.32 Å². The Kier molecular flexibility index (Phi) is 5.90. The van der Waals surface area contributed by atoms with E-state index in [1.165, 1.54) is 0 Å².